The highest BCUT2D eigenvalue weighted by Crippen LogP contribution is 2.02. The lowest BCUT2D eigenvalue weighted by atomic mass is 10.5. The molecule has 0 aliphatic carbocycles. The van der Waals surface area contributed by atoms with E-state index in [0.29, 0.717) is 26.3 Å². The number of hydrogen-bond donors (Lipinski definition) is 1. The summed E-state index contributed by atoms with van der Waals surface area (Å²) in [4.78, 5) is 0. The maximum absolute atomic E-state index is 11.0. The van der Waals surface area contributed by atoms with Crippen LogP contribution in [0.5, 0.6) is 0 Å². The molecule has 1 rings (SSSR count). The molecule has 8 nitrogen and oxygen atoms in total. The summed E-state index contributed by atoms with van der Waals surface area (Å²) in [7, 11) is -7.01. The molecule has 1 N–H and O–H groups in total. The molecule has 0 atom stereocenters. The second kappa shape index (κ2) is 8.02. The van der Waals surface area contributed by atoms with Crippen LogP contribution >= 0.6 is 0 Å². The minimum Gasteiger partial charge on any atom is -0.379 e. The Labute approximate surface area is 108 Å². The van der Waals surface area contributed by atoms with Gasteiger partial charge in [-0.05, 0) is 13.8 Å². The van der Waals surface area contributed by atoms with Gasteiger partial charge in [-0.3, -0.25) is 4.55 Å². The SMILES string of the molecule is CCS(=O)(=O)O.CCS(=O)(=O)ON1CCOCC1. The lowest BCUT2D eigenvalue weighted by Crippen LogP contribution is -2.38. The molecule has 1 heterocycles. The van der Waals surface area contributed by atoms with Crippen molar-refractivity contribution in [3.8, 4) is 0 Å². The van der Waals surface area contributed by atoms with E-state index in [9.17, 15) is 16.8 Å². The van der Waals surface area contributed by atoms with Crippen molar-refractivity contribution in [3.05, 3.63) is 0 Å². The molecule has 18 heavy (non-hydrogen) atoms. The molecule has 0 amide bonds. The molecule has 1 saturated heterocycles. The topological polar surface area (TPSA) is 110 Å². The normalized spacial score (nSPS) is 17.9. The Morgan fingerprint density at radius 1 is 1.11 bits per heavy atom. The van der Waals surface area contributed by atoms with Crippen molar-refractivity contribution in [3.63, 3.8) is 0 Å². The fourth-order valence-corrected chi connectivity index (χ4v) is 1.41. The summed E-state index contributed by atoms with van der Waals surface area (Å²) in [6.07, 6.45) is 0. The van der Waals surface area contributed by atoms with Crippen molar-refractivity contribution in [2.45, 2.75) is 13.8 Å². The second-order valence-electron chi connectivity index (χ2n) is 3.33. The Kier molecular flexibility index (Phi) is 7.90. The van der Waals surface area contributed by atoms with Crippen LogP contribution < -0.4 is 0 Å². The molecule has 1 aliphatic rings. The van der Waals surface area contributed by atoms with Gasteiger partial charge in [0.2, 0.25) is 0 Å². The molecule has 1 aliphatic heterocycles. The predicted octanol–water partition coefficient (Wildman–Crippen LogP) is -0.506. The number of ether oxygens (including phenoxy) is 1. The number of morpholine rings is 1. The highest BCUT2D eigenvalue weighted by molar-refractivity contribution is 7.86. The van der Waals surface area contributed by atoms with Gasteiger partial charge in [-0.1, -0.05) is 0 Å². The van der Waals surface area contributed by atoms with E-state index in [4.69, 9.17) is 13.6 Å². The van der Waals surface area contributed by atoms with Gasteiger partial charge < -0.3 is 4.74 Å². The summed E-state index contributed by atoms with van der Waals surface area (Å²) >= 11 is 0. The first kappa shape index (κ1) is 17.7. The molecular weight excluding hydrogens is 286 g/mol. The fourth-order valence-electron chi connectivity index (χ4n) is 0.834. The zero-order valence-electron chi connectivity index (χ0n) is 10.4. The van der Waals surface area contributed by atoms with Crippen LogP contribution in [0.1, 0.15) is 13.8 Å². The first-order valence-electron chi connectivity index (χ1n) is 5.40. The van der Waals surface area contributed by atoms with E-state index in [-0.39, 0.29) is 11.5 Å². The Bertz CT molecular complexity index is 411. The van der Waals surface area contributed by atoms with Crippen molar-refractivity contribution in [2.75, 3.05) is 37.8 Å². The Balaban J connectivity index is 0.000000411. The molecule has 0 aromatic rings. The smallest absolute Gasteiger partial charge is 0.283 e. The van der Waals surface area contributed by atoms with E-state index in [0.717, 1.165) is 0 Å². The van der Waals surface area contributed by atoms with Crippen molar-refractivity contribution >= 4 is 20.2 Å². The molecule has 10 heteroatoms. The number of hydroxylamine groups is 2. The van der Waals surface area contributed by atoms with E-state index in [1.54, 1.807) is 6.92 Å². The van der Waals surface area contributed by atoms with Crippen molar-refractivity contribution < 1.29 is 30.4 Å². The first-order valence-corrected chi connectivity index (χ1v) is 8.59. The van der Waals surface area contributed by atoms with Crippen molar-refractivity contribution in [2.24, 2.45) is 0 Å². The second-order valence-corrected chi connectivity index (χ2v) is 6.92. The molecule has 0 aromatic carbocycles. The average molecular weight is 305 g/mol. The standard InChI is InChI=1S/C6H13NO4S.C2H6O3S/c1-2-12(8,9)11-7-3-5-10-6-4-7;1-2-6(3,4)5/h2-6H2,1H3;2H2,1H3,(H,3,4,5). The molecular formula is C8H19NO7S2. The average Bonchev–Trinajstić information content (AvgIpc) is 2.30. The molecule has 0 aromatic heterocycles. The van der Waals surface area contributed by atoms with Crippen LogP contribution in [0.15, 0.2) is 0 Å². The van der Waals surface area contributed by atoms with E-state index >= 15 is 0 Å². The number of rotatable bonds is 4. The molecule has 0 saturated carbocycles. The molecule has 0 unspecified atom stereocenters. The summed E-state index contributed by atoms with van der Waals surface area (Å²) in [6.45, 7) is 5.00. The lowest BCUT2D eigenvalue weighted by Gasteiger charge is -2.24. The van der Waals surface area contributed by atoms with Crippen LogP contribution in [0.3, 0.4) is 0 Å². The summed E-state index contributed by atoms with van der Waals surface area (Å²) in [5.41, 5.74) is 0. The number of nitrogens with zero attached hydrogens (tertiary/aromatic N) is 1. The van der Waals surface area contributed by atoms with E-state index in [2.05, 4.69) is 0 Å². The van der Waals surface area contributed by atoms with Crippen LogP contribution in [0.2, 0.25) is 0 Å². The highest BCUT2D eigenvalue weighted by Gasteiger charge is 2.17. The van der Waals surface area contributed by atoms with Crippen LogP contribution in [-0.2, 0) is 29.3 Å². The third-order valence-electron chi connectivity index (χ3n) is 1.91. The van der Waals surface area contributed by atoms with Crippen LogP contribution in [-0.4, -0.2) is 64.3 Å². The molecule has 0 bridgehead atoms. The first-order chi connectivity index (χ1) is 8.20. The third kappa shape index (κ3) is 9.74. The number of hydrogen-bond acceptors (Lipinski definition) is 7. The monoisotopic (exact) mass is 305 g/mol. The van der Waals surface area contributed by atoms with Crippen LogP contribution in [0.4, 0.5) is 0 Å². The van der Waals surface area contributed by atoms with E-state index in [1.807, 2.05) is 0 Å². The van der Waals surface area contributed by atoms with Gasteiger partial charge >= 0.3 is 0 Å². The van der Waals surface area contributed by atoms with Gasteiger partial charge in [-0.25, -0.2) is 0 Å². The summed E-state index contributed by atoms with van der Waals surface area (Å²) in [6, 6.07) is 0. The Hall–Kier alpha value is -0.260. The predicted molar refractivity (Wildman–Crippen MR) is 65.0 cm³/mol. The van der Waals surface area contributed by atoms with Crippen molar-refractivity contribution in [1.82, 2.24) is 5.06 Å². The van der Waals surface area contributed by atoms with Crippen molar-refractivity contribution in [1.29, 1.82) is 0 Å². The van der Waals surface area contributed by atoms with Gasteiger partial charge in [0.1, 0.15) is 0 Å². The fraction of sp³-hybridized carbons (Fsp3) is 1.00. The molecule has 0 spiro atoms. The lowest BCUT2D eigenvalue weighted by molar-refractivity contribution is -0.113. The Morgan fingerprint density at radius 3 is 1.89 bits per heavy atom. The maximum atomic E-state index is 11.0. The van der Waals surface area contributed by atoms with Crippen LogP contribution in [0, 0.1) is 0 Å². The molecule has 110 valence electrons. The van der Waals surface area contributed by atoms with E-state index in [1.165, 1.54) is 12.0 Å². The van der Waals surface area contributed by atoms with Crippen LogP contribution in [0.25, 0.3) is 0 Å². The summed E-state index contributed by atoms with van der Waals surface area (Å²) < 4.78 is 58.6. The maximum Gasteiger partial charge on any atom is 0.283 e. The Morgan fingerprint density at radius 2 is 1.56 bits per heavy atom. The molecule has 0 radical (unpaired) electrons. The quantitative estimate of drug-likeness (QED) is 0.692. The van der Waals surface area contributed by atoms with Gasteiger partial charge in [-0.15, -0.1) is 0 Å². The minimum atomic E-state index is -3.66. The van der Waals surface area contributed by atoms with Gasteiger partial charge in [-0.2, -0.15) is 26.2 Å². The highest BCUT2D eigenvalue weighted by atomic mass is 32.2. The van der Waals surface area contributed by atoms with E-state index < -0.39 is 20.2 Å². The minimum absolute atomic E-state index is 0.00432. The largest absolute Gasteiger partial charge is 0.379 e. The molecule has 1 fully saturated rings. The zero-order valence-corrected chi connectivity index (χ0v) is 12.0. The van der Waals surface area contributed by atoms with Gasteiger partial charge in [0, 0.05) is 13.1 Å². The zero-order chi connectivity index (χ0) is 14.2. The summed E-state index contributed by atoms with van der Waals surface area (Å²) in [5, 5.41) is 1.42. The third-order valence-corrected chi connectivity index (χ3v) is 3.78. The summed E-state index contributed by atoms with van der Waals surface area (Å²) in [5.74, 6) is -0.197. The van der Waals surface area contributed by atoms with Gasteiger partial charge in [0.15, 0.2) is 0 Å². The van der Waals surface area contributed by atoms with Gasteiger partial charge in [0.25, 0.3) is 20.2 Å². The van der Waals surface area contributed by atoms with Gasteiger partial charge in [0.05, 0.1) is 24.7 Å².